The SMILES string of the molecule is CN(C)c1ccc2onc(C(=O)Nc3ccc(Cl)cc3-c3noc(=O)[nH]3)c2c1. The molecule has 2 aromatic carbocycles. The zero-order valence-corrected chi connectivity index (χ0v) is 15.6. The van der Waals surface area contributed by atoms with Crippen molar-refractivity contribution in [3.05, 3.63) is 57.7 Å². The number of nitrogens with one attached hydrogen (secondary N) is 2. The molecule has 4 aromatic rings. The van der Waals surface area contributed by atoms with Gasteiger partial charge in [0, 0.05) is 30.4 Å². The molecule has 2 heterocycles. The van der Waals surface area contributed by atoms with E-state index in [2.05, 4.69) is 25.1 Å². The minimum absolute atomic E-state index is 0.133. The number of aromatic amines is 1. The first-order valence-electron chi connectivity index (χ1n) is 8.16. The van der Waals surface area contributed by atoms with Crippen LogP contribution in [0.3, 0.4) is 0 Å². The van der Waals surface area contributed by atoms with Crippen molar-refractivity contribution in [3.8, 4) is 11.4 Å². The Morgan fingerprint density at radius 3 is 2.68 bits per heavy atom. The van der Waals surface area contributed by atoms with Gasteiger partial charge in [-0.25, -0.2) is 4.79 Å². The van der Waals surface area contributed by atoms with Gasteiger partial charge in [0.15, 0.2) is 17.1 Å². The first-order chi connectivity index (χ1) is 13.4. The van der Waals surface area contributed by atoms with E-state index in [1.807, 2.05) is 31.1 Å². The van der Waals surface area contributed by atoms with Crippen LogP contribution in [0.2, 0.25) is 5.02 Å². The highest BCUT2D eigenvalue weighted by molar-refractivity contribution is 6.31. The predicted molar refractivity (Wildman–Crippen MR) is 104 cm³/mol. The van der Waals surface area contributed by atoms with Crippen molar-refractivity contribution in [2.75, 3.05) is 24.3 Å². The van der Waals surface area contributed by atoms with E-state index in [9.17, 15) is 9.59 Å². The van der Waals surface area contributed by atoms with Crippen molar-refractivity contribution in [3.63, 3.8) is 0 Å². The number of fused-ring (bicyclic) bond motifs is 1. The molecule has 10 heteroatoms. The van der Waals surface area contributed by atoms with Gasteiger partial charge in [0.2, 0.25) is 0 Å². The number of anilines is 2. The Morgan fingerprint density at radius 2 is 1.96 bits per heavy atom. The van der Waals surface area contributed by atoms with Crippen LogP contribution in [-0.4, -0.2) is 35.3 Å². The van der Waals surface area contributed by atoms with E-state index in [-0.39, 0.29) is 11.5 Å². The second-order valence-electron chi connectivity index (χ2n) is 6.19. The van der Waals surface area contributed by atoms with Gasteiger partial charge in [-0.15, -0.1) is 0 Å². The van der Waals surface area contributed by atoms with Crippen LogP contribution in [0.15, 0.2) is 50.2 Å². The molecule has 0 atom stereocenters. The summed E-state index contributed by atoms with van der Waals surface area (Å²) in [6.07, 6.45) is 0. The molecule has 0 fully saturated rings. The summed E-state index contributed by atoms with van der Waals surface area (Å²) in [6, 6.07) is 10.2. The zero-order chi connectivity index (χ0) is 19.8. The minimum atomic E-state index is -0.717. The molecule has 0 unspecified atom stereocenters. The van der Waals surface area contributed by atoms with Crippen LogP contribution in [0.1, 0.15) is 10.5 Å². The number of hydrogen-bond acceptors (Lipinski definition) is 7. The molecule has 142 valence electrons. The topological polar surface area (TPSA) is 117 Å². The van der Waals surface area contributed by atoms with Crippen molar-refractivity contribution in [1.29, 1.82) is 0 Å². The summed E-state index contributed by atoms with van der Waals surface area (Å²) in [5, 5.41) is 11.3. The Labute approximate surface area is 162 Å². The molecule has 0 bridgehead atoms. The maximum absolute atomic E-state index is 12.8. The fraction of sp³-hybridized carbons (Fsp3) is 0.111. The molecule has 1 amide bonds. The van der Waals surface area contributed by atoms with Gasteiger partial charge in [-0.2, -0.15) is 0 Å². The van der Waals surface area contributed by atoms with E-state index in [4.69, 9.17) is 16.1 Å². The molecular formula is C18H14ClN5O4. The molecule has 0 aliphatic heterocycles. The summed E-state index contributed by atoms with van der Waals surface area (Å²) in [7, 11) is 3.79. The first-order valence-corrected chi connectivity index (χ1v) is 8.54. The Kier molecular flexibility index (Phi) is 4.36. The predicted octanol–water partition coefficient (Wildman–Crippen LogP) is 3.14. The van der Waals surface area contributed by atoms with Crippen LogP contribution in [0.5, 0.6) is 0 Å². The van der Waals surface area contributed by atoms with Crippen molar-refractivity contribution >= 4 is 39.9 Å². The maximum atomic E-state index is 12.8. The number of amides is 1. The van der Waals surface area contributed by atoms with Gasteiger partial charge in [-0.1, -0.05) is 21.9 Å². The second-order valence-corrected chi connectivity index (χ2v) is 6.63. The fourth-order valence-corrected chi connectivity index (χ4v) is 2.89. The third kappa shape index (κ3) is 3.23. The lowest BCUT2D eigenvalue weighted by molar-refractivity contribution is 0.102. The smallest absolute Gasteiger partial charge is 0.378 e. The van der Waals surface area contributed by atoms with E-state index in [1.54, 1.807) is 24.3 Å². The van der Waals surface area contributed by atoms with E-state index in [0.29, 0.717) is 27.2 Å². The Bertz CT molecular complexity index is 1240. The normalized spacial score (nSPS) is 11.0. The van der Waals surface area contributed by atoms with E-state index in [1.165, 1.54) is 0 Å². The largest absolute Gasteiger partial charge is 0.439 e. The minimum Gasteiger partial charge on any atom is -0.378 e. The van der Waals surface area contributed by atoms with Gasteiger partial charge in [0.1, 0.15) is 0 Å². The summed E-state index contributed by atoms with van der Waals surface area (Å²) in [6.45, 7) is 0. The average molecular weight is 400 g/mol. The number of carbonyl (C=O) groups excluding carboxylic acids is 1. The molecule has 0 saturated heterocycles. The zero-order valence-electron chi connectivity index (χ0n) is 14.8. The molecule has 2 aromatic heterocycles. The number of benzene rings is 2. The van der Waals surface area contributed by atoms with Gasteiger partial charge in [-0.3, -0.25) is 14.3 Å². The Morgan fingerprint density at radius 1 is 1.14 bits per heavy atom. The van der Waals surface area contributed by atoms with E-state index >= 15 is 0 Å². The van der Waals surface area contributed by atoms with Crippen LogP contribution >= 0.6 is 11.6 Å². The molecule has 0 saturated carbocycles. The first kappa shape index (κ1) is 17.8. The summed E-state index contributed by atoms with van der Waals surface area (Å²) < 4.78 is 9.79. The standard InChI is InChI=1S/C18H14ClN5O4/c1-24(2)10-4-6-14-12(8-10)15(22-27-14)17(25)20-13-5-3-9(19)7-11(13)16-21-18(26)28-23-16/h3-8H,1-2H3,(H,20,25)(H,21,23,26). The molecule has 9 nitrogen and oxygen atoms in total. The number of rotatable bonds is 4. The van der Waals surface area contributed by atoms with Crippen LogP contribution < -0.4 is 16.0 Å². The van der Waals surface area contributed by atoms with Crippen molar-refractivity contribution < 1.29 is 13.8 Å². The Hall–Kier alpha value is -3.59. The lowest BCUT2D eigenvalue weighted by atomic mass is 10.1. The fourth-order valence-electron chi connectivity index (χ4n) is 2.72. The van der Waals surface area contributed by atoms with Gasteiger partial charge in [0.25, 0.3) is 5.91 Å². The number of aromatic nitrogens is 3. The number of hydrogen-bond donors (Lipinski definition) is 2. The van der Waals surface area contributed by atoms with Crippen molar-refractivity contribution in [1.82, 2.24) is 15.3 Å². The molecule has 28 heavy (non-hydrogen) atoms. The highest BCUT2D eigenvalue weighted by atomic mass is 35.5. The van der Waals surface area contributed by atoms with E-state index in [0.717, 1.165) is 5.69 Å². The second kappa shape index (κ2) is 6.86. The van der Waals surface area contributed by atoms with Crippen LogP contribution in [0, 0.1) is 0 Å². The molecule has 0 radical (unpaired) electrons. The maximum Gasteiger partial charge on any atom is 0.439 e. The summed E-state index contributed by atoms with van der Waals surface area (Å²) in [4.78, 5) is 28.5. The molecule has 0 spiro atoms. The number of halogens is 1. The highest BCUT2D eigenvalue weighted by Gasteiger charge is 2.20. The number of H-pyrrole nitrogens is 1. The quantitative estimate of drug-likeness (QED) is 0.541. The van der Waals surface area contributed by atoms with Crippen LogP contribution in [0.4, 0.5) is 11.4 Å². The van der Waals surface area contributed by atoms with Crippen LogP contribution in [-0.2, 0) is 0 Å². The van der Waals surface area contributed by atoms with Gasteiger partial charge < -0.3 is 14.7 Å². The van der Waals surface area contributed by atoms with Gasteiger partial charge >= 0.3 is 5.76 Å². The molecule has 2 N–H and O–H groups in total. The van der Waals surface area contributed by atoms with Gasteiger partial charge in [0.05, 0.1) is 11.1 Å². The number of carbonyl (C=O) groups is 1. The van der Waals surface area contributed by atoms with Gasteiger partial charge in [-0.05, 0) is 36.4 Å². The molecule has 0 aliphatic carbocycles. The Balaban J connectivity index is 1.72. The average Bonchev–Trinajstić information content (AvgIpc) is 3.28. The third-order valence-corrected chi connectivity index (χ3v) is 4.35. The summed E-state index contributed by atoms with van der Waals surface area (Å²) >= 11 is 6.04. The van der Waals surface area contributed by atoms with Crippen molar-refractivity contribution in [2.24, 2.45) is 0 Å². The summed E-state index contributed by atoms with van der Waals surface area (Å²) in [5.74, 6) is -1.06. The van der Waals surface area contributed by atoms with Crippen molar-refractivity contribution in [2.45, 2.75) is 0 Å². The summed E-state index contributed by atoms with van der Waals surface area (Å²) in [5.41, 5.74) is 2.30. The lowest BCUT2D eigenvalue weighted by Gasteiger charge is -2.12. The monoisotopic (exact) mass is 399 g/mol. The third-order valence-electron chi connectivity index (χ3n) is 4.11. The highest BCUT2D eigenvalue weighted by Crippen LogP contribution is 2.30. The lowest BCUT2D eigenvalue weighted by Crippen LogP contribution is -2.14. The molecule has 4 rings (SSSR count). The molecular weight excluding hydrogens is 386 g/mol. The molecule has 0 aliphatic rings. The number of nitrogens with zero attached hydrogens (tertiary/aromatic N) is 3. The van der Waals surface area contributed by atoms with Crippen LogP contribution in [0.25, 0.3) is 22.4 Å². The van der Waals surface area contributed by atoms with E-state index < -0.39 is 11.7 Å².